The Morgan fingerprint density at radius 3 is 2.48 bits per heavy atom. The monoisotopic (exact) mass is 383 g/mol. The molecule has 6 heteroatoms. The summed E-state index contributed by atoms with van der Waals surface area (Å²) >= 11 is 5.91. The van der Waals surface area contributed by atoms with Crippen LogP contribution in [0.3, 0.4) is 0 Å². The van der Waals surface area contributed by atoms with Gasteiger partial charge in [-0.1, -0.05) is 29.8 Å². The van der Waals surface area contributed by atoms with Crippen molar-refractivity contribution in [1.82, 2.24) is 9.88 Å². The molecule has 0 saturated heterocycles. The van der Waals surface area contributed by atoms with E-state index in [9.17, 15) is 4.79 Å². The summed E-state index contributed by atoms with van der Waals surface area (Å²) in [4.78, 5) is 18.5. The highest BCUT2D eigenvalue weighted by atomic mass is 35.5. The Hall–Kier alpha value is -2.63. The predicted octanol–water partition coefficient (Wildman–Crippen LogP) is 4.68. The molecule has 1 N–H and O–H groups in total. The lowest BCUT2D eigenvalue weighted by Crippen LogP contribution is -2.30. The molecular formula is C21H22ClN3O2. The van der Waals surface area contributed by atoms with E-state index in [2.05, 4.69) is 10.3 Å². The molecule has 27 heavy (non-hydrogen) atoms. The number of benzene rings is 2. The second-order valence-corrected chi connectivity index (χ2v) is 7.05. The molecule has 0 aliphatic heterocycles. The van der Waals surface area contributed by atoms with Gasteiger partial charge in [-0.25, -0.2) is 4.98 Å². The zero-order valence-corrected chi connectivity index (χ0v) is 16.4. The van der Waals surface area contributed by atoms with Crippen LogP contribution in [0.5, 0.6) is 0 Å². The van der Waals surface area contributed by atoms with E-state index in [1.54, 1.807) is 6.20 Å². The number of anilines is 1. The molecule has 3 rings (SSSR count). The third kappa shape index (κ3) is 4.96. The van der Waals surface area contributed by atoms with Crippen LogP contribution in [0.2, 0.25) is 5.02 Å². The van der Waals surface area contributed by atoms with E-state index < -0.39 is 0 Å². The molecule has 5 nitrogen and oxygen atoms in total. The number of aryl methyl sites for hydroxylation is 2. The highest BCUT2D eigenvalue weighted by Gasteiger charge is 2.13. The maximum Gasteiger partial charge on any atom is 0.238 e. The van der Waals surface area contributed by atoms with Crippen LogP contribution < -0.4 is 5.32 Å². The number of nitrogens with zero attached hydrogens (tertiary/aromatic N) is 2. The molecule has 0 bridgehead atoms. The molecule has 0 aliphatic rings. The molecule has 1 heterocycles. The van der Waals surface area contributed by atoms with Crippen LogP contribution in [-0.4, -0.2) is 29.4 Å². The predicted molar refractivity (Wildman–Crippen MR) is 108 cm³/mol. The Balaban J connectivity index is 1.58. The molecule has 0 spiro atoms. The average molecular weight is 384 g/mol. The number of rotatable bonds is 6. The Morgan fingerprint density at radius 1 is 1.15 bits per heavy atom. The second-order valence-electron chi connectivity index (χ2n) is 6.61. The van der Waals surface area contributed by atoms with Gasteiger partial charge < -0.3 is 9.73 Å². The summed E-state index contributed by atoms with van der Waals surface area (Å²) in [5.41, 5.74) is 3.88. The van der Waals surface area contributed by atoms with Crippen LogP contribution in [0.4, 0.5) is 5.69 Å². The zero-order chi connectivity index (χ0) is 19.4. The van der Waals surface area contributed by atoms with Crippen molar-refractivity contribution in [3.8, 4) is 11.3 Å². The summed E-state index contributed by atoms with van der Waals surface area (Å²) in [5.74, 6) is 1.16. The summed E-state index contributed by atoms with van der Waals surface area (Å²) in [6.45, 7) is 4.65. The lowest BCUT2D eigenvalue weighted by Gasteiger charge is -2.16. The number of halogens is 1. The van der Waals surface area contributed by atoms with Crippen molar-refractivity contribution in [2.45, 2.75) is 20.4 Å². The van der Waals surface area contributed by atoms with E-state index in [0.29, 0.717) is 23.2 Å². The Labute approximate surface area is 164 Å². The molecule has 0 unspecified atom stereocenters. The molecule has 3 aromatic rings. The van der Waals surface area contributed by atoms with Gasteiger partial charge in [-0.2, -0.15) is 0 Å². The van der Waals surface area contributed by atoms with Crippen LogP contribution in [0, 0.1) is 13.8 Å². The topological polar surface area (TPSA) is 58.4 Å². The summed E-state index contributed by atoms with van der Waals surface area (Å²) in [6, 6.07) is 13.3. The highest BCUT2D eigenvalue weighted by Crippen LogP contribution is 2.23. The molecule has 2 aromatic carbocycles. The molecule has 1 amide bonds. The Morgan fingerprint density at radius 2 is 1.81 bits per heavy atom. The number of nitrogens with one attached hydrogen (secondary N) is 1. The summed E-state index contributed by atoms with van der Waals surface area (Å²) in [6.07, 6.45) is 1.68. The molecule has 0 fully saturated rings. The van der Waals surface area contributed by atoms with Gasteiger partial charge in [-0.15, -0.1) is 0 Å². The lowest BCUT2D eigenvalue weighted by atomic mass is 10.1. The van der Waals surface area contributed by atoms with Crippen LogP contribution in [0.1, 0.15) is 17.0 Å². The van der Waals surface area contributed by atoms with E-state index in [1.807, 2.05) is 68.3 Å². The van der Waals surface area contributed by atoms with Gasteiger partial charge in [0.2, 0.25) is 11.8 Å². The van der Waals surface area contributed by atoms with E-state index >= 15 is 0 Å². The van der Waals surface area contributed by atoms with E-state index in [0.717, 1.165) is 22.4 Å². The number of oxazole rings is 1. The fourth-order valence-corrected chi connectivity index (χ4v) is 2.98. The van der Waals surface area contributed by atoms with Gasteiger partial charge in [0, 0.05) is 16.3 Å². The molecule has 0 atom stereocenters. The van der Waals surface area contributed by atoms with Crippen LogP contribution in [0.25, 0.3) is 11.3 Å². The third-order valence-electron chi connectivity index (χ3n) is 4.25. The van der Waals surface area contributed by atoms with Crippen molar-refractivity contribution in [1.29, 1.82) is 0 Å². The minimum Gasteiger partial charge on any atom is -0.439 e. The summed E-state index contributed by atoms with van der Waals surface area (Å²) in [5, 5.41) is 3.66. The normalized spacial score (nSPS) is 11.0. The summed E-state index contributed by atoms with van der Waals surface area (Å²) < 4.78 is 5.79. The SMILES string of the molecule is Cc1cccc(C)c1NC(=O)CN(C)Cc1ncc(-c2ccc(Cl)cc2)o1. The first-order chi connectivity index (χ1) is 12.9. The standard InChI is InChI=1S/C21H22ClN3O2/c1-14-5-4-6-15(2)21(14)24-19(26)12-25(3)13-20-23-11-18(27-20)16-7-9-17(22)10-8-16/h4-11H,12-13H2,1-3H3,(H,24,26). The number of hydrogen-bond acceptors (Lipinski definition) is 4. The number of hydrogen-bond donors (Lipinski definition) is 1. The zero-order valence-electron chi connectivity index (χ0n) is 15.6. The van der Waals surface area contributed by atoms with Crippen molar-refractivity contribution >= 4 is 23.2 Å². The largest absolute Gasteiger partial charge is 0.439 e. The first kappa shape index (κ1) is 19.1. The first-order valence-electron chi connectivity index (χ1n) is 8.67. The Bertz CT molecular complexity index is 915. The summed E-state index contributed by atoms with van der Waals surface area (Å²) in [7, 11) is 1.86. The van der Waals surface area contributed by atoms with E-state index in [1.165, 1.54) is 0 Å². The van der Waals surface area contributed by atoms with Gasteiger partial charge in [-0.05, 0) is 56.3 Å². The van der Waals surface area contributed by atoms with Crippen LogP contribution >= 0.6 is 11.6 Å². The number of amides is 1. The van der Waals surface area contributed by atoms with E-state index in [-0.39, 0.29) is 12.5 Å². The van der Waals surface area contributed by atoms with Gasteiger partial charge >= 0.3 is 0 Å². The maximum absolute atomic E-state index is 12.4. The minimum absolute atomic E-state index is 0.0700. The van der Waals surface area contributed by atoms with Gasteiger partial charge in [0.05, 0.1) is 19.3 Å². The molecule has 140 valence electrons. The van der Waals surface area contributed by atoms with Crippen molar-refractivity contribution in [3.05, 3.63) is 70.7 Å². The minimum atomic E-state index is -0.0700. The lowest BCUT2D eigenvalue weighted by molar-refractivity contribution is -0.117. The number of aromatic nitrogens is 1. The van der Waals surface area contributed by atoms with Crippen LogP contribution in [0.15, 0.2) is 53.1 Å². The maximum atomic E-state index is 12.4. The molecule has 0 radical (unpaired) electrons. The first-order valence-corrected chi connectivity index (χ1v) is 9.05. The van der Waals surface area contributed by atoms with Crippen molar-refractivity contribution in [2.75, 3.05) is 18.9 Å². The second kappa shape index (κ2) is 8.37. The average Bonchev–Trinajstić information content (AvgIpc) is 3.07. The van der Waals surface area contributed by atoms with Gasteiger partial charge in [0.15, 0.2) is 5.76 Å². The van der Waals surface area contributed by atoms with E-state index in [4.69, 9.17) is 16.0 Å². The third-order valence-corrected chi connectivity index (χ3v) is 4.50. The number of carbonyl (C=O) groups is 1. The smallest absolute Gasteiger partial charge is 0.238 e. The molecule has 0 saturated carbocycles. The van der Waals surface area contributed by atoms with Gasteiger partial charge in [0.1, 0.15) is 0 Å². The quantitative estimate of drug-likeness (QED) is 0.671. The highest BCUT2D eigenvalue weighted by molar-refractivity contribution is 6.30. The van der Waals surface area contributed by atoms with Crippen molar-refractivity contribution < 1.29 is 9.21 Å². The fraction of sp³-hybridized carbons (Fsp3) is 0.238. The van der Waals surface area contributed by atoms with Crippen LogP contribution in [-0.2, 0) is 11.3 Å². The molecular weight excluding hydrogens is 362 g/mol. The number of likely N-dealkylation sites (N-methyl/N-ethyl adjacent to an activating group) is 1. The van der Waals surface area contributed by atoms with Crippen molar-refractivity contribution in [3.63, 3.8) is 0 Å². The molecule has 0 aliphatic carbocycles. The number of carbonyl (C=O) groups excluding carboxylic acids is 1. The number of para-hydroxylation sites is 1. The fourth-order valence-electron chi connectivity index (χ4n) is 2.85. The van der Waals surface area contributed by atoms with Gasteiger partial charge in [0.25, 0.3) is 0 Å². The Kier molecular flexibility index (Phi) is 5.94. The van der Waals surface area contributed by atoms with Crippen molar-refractivity contribution in [2.24, 2.45) is 0 Å². The van der Waals surface area contributed by atoms with Gasteiger partial charge in [-0.3, -0.25) is 9.69 Å². The molecule has 1 aromatic heterocycles.